The maximum atomic E-state index is 12.5. The van der Waals surface area contributed by atoms with E-state index in [4.69, 9.17) is 0 Å². The van der Waals surface area contributed by atoms with Gasteiger partial charge in [0.15, 0.2) is 5.56 Å². The van der Waals surface area contributed by atoms with Crippen LogP contribution in [-0.4, -0.2) is 30.2 Å². The van der Waals surface area contributed by atoms with E-state index in [0.717, 1.165) is 0 Å². The average Bonchev–Trinajstić information content (AvgIpc) is 2.90. The summed E-state index contributed by atoms with van der Waals surface area (Å²) in [6.45, 7) is 6.47. The first-order valence-electron chi connectivity index (χ1n) is 6.48. The van der Waals surface area contributed by atoms with Crippen LogP contribution in [0.2, 0.25) is 0 Å². The first-order chi connectivity index (χ1) is 9.58. The third-order valence-corrected chi connectivity index (χ3v) is 3.15. The van der Waals surface area contributed by atoms with E-state index < -0.39 is 0 Å². The van der Waals surface area contributed by atoms with Gasteiger partial charge in [-0.3, -0.25) is 9.55 Å². The van der Waals surface area contributed by atoms with Gasteiger partial charge >= 0.3 is 5.69 Å². The SMILES string of the molecule is CCNn1c(=O)n(CC)c2nc3[nH]c(C)[c-]n3c(=O)c21.[Rh]. The number of nitrogens with zero attached hydrogens (tertiary/aromatic N) is 4. The molecule has 9 heteroatoms. The van der Waals surface area contributed by atoms with Crippen LogP contribution in [0.25, 0.3) is 16.9 Å². The number of imidazole rings is 2. The first kappa shape index (κ1) is 15.5. The second-order valence-electron chi connectivity index (χ2n) is 4.48. The Balaban J connectivity index is 0.00000161. The summed E-state index contributed by atoms with van der Waals surface area (Å²) in [6, 6.07) is 0. The zero-order valence-electron chi connectivity index (χ0n) is 11.9. The molecule has 0 bridgehead atoms. The van der Waals surface area contributed by atoms with Gasteiger partial charge in [-0.15, -0.1) is 0 Å². The van der Waals surface area contributed by atoms with Crippen molar-refractivity contribution in [3.05, 3.63) is 32.7 Å². The summed E-state index contributed by atoms with van der Waals surface area (Å²) in [5, 5.41) is 0. The van der Waals surface area contributed by atoms with Crippen molar-refractivity contribution < 1.29 is 19.5 Å². The molecule has 0 aliphatic carbocycles. The Morgan fingerprint density at radius 2 is 2.05 bits per heavy atom. The van der Waals surface area contributed by atoms with Crippen molar-refractivity contribution in [2.24, 2.45) is 0 Å². The van der Waals surface area contributed by atoms with Gasteiger partial charge in [0, 0.05) is 32.6 Å². The molecule has 0 aliphatic heterocycles. The molecule has 0 unspecified atom stereocenters. The normalized spacial score (nSPS) is 11.0. The molecule has 0 spiro atoms. The molecule has 3 aromatic heterocycles. The Bertz CT molecular complexity index is 916. The Morgan fingerprint density at radius 1 is 1.33 bits per heavy atom. The van der Waals surface area contributed by atoms with Crippen molar-refractivity contribution >= 4 is 16.9 Å². The molecular formula is C12H15N6O2Rh-. The summed E-state index contributed by atoms with van der Waals surface area (Å²) in [4.78, 5) is 32.1. The second kappa shape index (κ2) is 5.48. The van der Waals surface area contributed by atoms with E-state index in [1.807, 2.05) is 13.8 Å². The van der Waals surface area contributed by atoms with Crippen LogP contribution < -0.4 is 16.7 Å². The number of nitrogens with one attached hydrogen (secondary N) is 2. The number of hydrogen-bond donors (Lipinski definition) is 2. The van der Waals surface area contributed by atoms with Crippen molar-refractivity contribution in [3.8, 4) is 0 Å². The minimum atomic E-state index is -0.320. The van der Waals surface area contributed by atoms with Gasteiger partial charge in [-0.2, -0.15) is 0 Å². The van der Waals surface area contributed by atoms with Gasteiger partial charge in [0.05, 0.1) is 0 Å². The summed E-state index contributed by atoms with van der Waals surface area (Å²) >= 11 is 0. The van der Waals surface area contributed by atoms with Crippen molar-refractivity contribution in [1.29, 1.82) is 0 Å². The molecule has 0 saturated carbocycles. The number of aromatic amines is 1. The fourth-order valence-electron chi connectivity index (χ4n) is 2.33. The number of aryl methyl sites for hydroxylation is 2. The Kier molecular flexibility index (Phi) is 4.05. The zero-order chi connectivity index (χ0) is 14.4. The maximum Gasteiger partial charge on any atom is 0.348 e. The molecular weight excluding hydrogens is 363 g/mol. The van der Waals surface area contributed by atoms with Crippen LogP contribution in [0.5, 0.6) is 0 Å². The van der Waals surface area contributed by atoms with E-state index in [2.05, 4.69) is 21.6 Å². The molecule has 3 aromatic rings. The molecule has 3 rings (SSSR count). The van der Waals surface area contributed by atoms with Crippen LogP contribution in [0, 0.1) is 13.1 Å². The molecule has 0 atom stereocenters. The van der Waals surface area contributed by atoms with Crippen molar-refractivity contribution in [3.63, 3.8) is 0 Å². The number of hydrogen-bond acceptors (Lipinski definition) is 4. The standard InChI is InChI=1S/C12H15N6O2.Rh/c1-4-13-18-8-9(16(5-2)12(18)20)15-11-14-7(3)6-17(11)10(8)19;/h13H,4-5H2,1-3H3,(H,14,15);/q-1;. The quantitative estimate of drug-likeness (QED) is 0.489. The van der Waals surface area contributed by atoms with E-state index >= 15 is 0 Å². The van der Waals surface area contributed by atoms with Gasteiger partial charge in [-0.1, -0.05) is 6.20 Å². The minimum absolute atomic E-state index is 0. The molecule has 0 amide bonds. The number of aromatic nitrogens is 5. The summed E-state index contributed by atoms with van der Waals surface area (Å²) < 4.78 is 4.03. The fourth-order valence-corrected chi connectivity index (χ4v) is 2.33. The van der Waals surface area contributed by atoms with E-state index in [1.54, 1.807) is 6.92 Å². The molecule has 3 heterocycles. The van der Waals surface area contributed by atoms with Crippen LogP contribution in [-0.2, 0) is 26.0 Å². The first-order valence-corrected chi connectivity index (χ1v) is 6.48. The molecule has 0 aromatic carbocycles. The number of rotatable bonds is 3. The predicted molar refractivity (Wildman–Crippen MR) is 74.7 cm³/mol. The summed E-state index contributed by atoms with van der Waals surface area (Å²) in [5.74, 6) is 0.385. The van der Waals surface area contributed by atoms with Gasteiger partial charge < -0.3 is 19.6 Å². The van der Waals surface area contributed by atoms with E-state index in [-0.39, 0.29) is 36.2 Å². The van der Waals surface area contributed by atoms with E-state index in [9.17, 15) is 9.59 Å². The van der Waals surface area contributed by atoms with Gasteiger partial charge in [-0.25, -0.2) is 9.47 Å². The summed E-state index contributed by atoms with van der Waals surface area (Å²) in [7, 11) is 0. The van der Waals surface area contributed by atoms with Gasteiger partial charge in [0.1, 0.15) is 16.9 Å². The third kappa shape index (κ3) is 2.12. The van der Waals surface area contributed by atoms with Gasteiger partial charge in [0.25, 0.3) is 0 Å². The third-order valence-electron chi connectivity index (χ3n) is 3.15. The van der Waals surface area contributed by atoms with Gasteiger partial charge in [-0.05, 0) is 26.5 Å². The molecule has 8 nitrogen and oxygen atoms in total. The second-order valence-corrected chi connectivity index (χ2v) is 4.48. The summed E-state index contributed by atoms with van der Waals surface area (Å²) in [5.41, 5.74) is 3.61. The monoisotopic (exact) mass is 378 g/mol. The van der Waals surface area contributed by atoms with Crippen LogP contribution in [0.3, 0.4) is 0 Å². The molecule has 1 radical (unpaired) electrons. The largest absolute Gasteiger partial charge is 0.413 e. The minimum Gasteiger partial charge on any atom is -0.413 e. The molecule has 0 fully saturated rings. The predicted octanol–water partition coefficient (Wildman–Crippen LogP) is -0.172. The number of H-pyrrole nitrogens is 1. The molecule has 115 valence electrons. The number of fused-ring (bicyclic) bond motifs is 2. The fraction of sp³-hybridized carbons (Fsp3) is 0.417. The molecule has 2 N–H and O–H groups in total. The Morgan fingerprint density at radius 3 is 2.67 bits per heavy atom. The van der Waals surface area contributed by atoms with Gasteiger partial charge in [0.2, 0.25) is 0 Å². The summed E-state index contributed by atoms with van der Waals surface area (Å²) in [6.07, 6.45) is 2.87. The molecule has 0 aliphatic rings. The van der Waals surface area contributed by atoms with Crippen molar-refractivity contribution in [2.45, 2.75) is 27.3 Å². The maximum absolute atomic E-state index is 12.5. The zero-order valence-corrected chi connectivity index (χ0v) is 13.5. The topological polar surface area (TPSA) is 89.1 Å². The Hall–Kier alpha value is -1.89. The van der Waals surface area contributed by atoms with Crippen molar-refractivity contribution in [1.82, 2.24) is 23.6 Å². The molecule has 21 heavy (non-hydrogen) atoms. The van der Waals surface area contributed by atoms with E-state index in [0.29, 0.717) is 30.2 Å². The molecule has 0 saturated heterocycles. The van der Waals surface area contributed by atoms with Crippen LogP contribution in [0.4, 0.5) is 0 Å². The van der Waals surface area contributed by atoms with Crippen molar-refractivity contribution in [2.75, 3.05) is 12.0 Å². The van der Waals surface area contributed by atoms with Crippen LogP contribution >= 0.6 is 0 Å². The van der Waals surface area contributed by atoms with Crippen LogP contribution in [0.15, 0.2) is 9.59 Å². The smallest absolute Gasteiger partial charge is 0.348 e. The van der Waals surface area contributed by atoms with Crippen LogP contribution in [0.1, 0.15) is 19.5 Å². The van der Waals surface area contributed by atoms with E-state index in [1.165, 1.54) is 13.6 Å². The average molecular weight is 378 g/mol. The Labute approximate surface area is 132 Å².